The van der Waals surface area contributed by atoms with Gasteiger partial charge >= 0.3 is 0 Å². The van der Waals surface area contributed by atoms with Crippen molar-refractivity contribution in [1.82, 2.24) is 4.90 Å². The summed E-state index contributed by atoms with van der Waals surface area (Å²) in [7, 11) is 1.72. The van der Waals surface area contributed by atoms with Gasteiger partial charge in [0.2, 0.25) is 0 Å². The van der Waals surface area contributed by atoms with Gasteiger partial charge in [-0.25, -0.2) is 18.2 Å². The number of benzene rings is 2. The van der Waals surface area contributed by atoms with Crippen LogP contribution >= 0.6 is 12.2 Å². The molecule has 0 bridgehead atoms. The Kier molecular flexibility index (Phi) is 4.90. The lowest BCUT2D eigenvalue weighted by Crippen LogP contribution is -2.24. The third-order valence-electron chi connectivity index (χ3n) is 3.74. The Morgan fingerprint density at radius 1 is 1.00 bits per heavy atom. The fourth-order valence-corrected chi connectivity index (χ4v) is 2.53. The summed E-state index contributed by atoms with van der Waals surface area (Å²) in [4.78, 5) is 6.39. The lowest BCUT2D eigenvalue weighted by Gasteiger charge is -2.10. The molecule has 0 unspecified atom stereocenters. The molecule has 3 rings (SSSR count). The fourth-order valence-electron chi connectivity index (χ4n) is 2.34. The number of hydrogen-bond donors (Lipinski definition) is 1. The van der Waals surface area contributed by atoms with Gasteiger partial charge in [-0.15, -0.1) is 0 Å². The van der Waals surface area contributed by atoms with Crippen molar-refractivity contribution in [2.24, 2.45) is 4.99 Å². The maximum atomic E-state index is 13.5. The molecule has 0 amide bonds. The van der Waals surface area contributed by atoms with Gasteiger partial charge in [-0.3, -0.25) is 0 Å². The molecule has 0 saturated carbocycles. The second kappa shape index (κ2) is 7.13. The van der Waals surface area contributed by atoms with E-state index in [-0.39, 0.29) is 11.4 Å². The summed E-state index contributed by atoms with van der Waals surface area (Å²) in [6.07, 6.45) is 4.89. The normalized spacial score (nSPS) is 16.0. The number of amidine groups is 1. The van der Waals surface area contributed by atoms with Crippen LogP contribution in [0.15, 0.2) is 53.2 Å². The van der Waals surface area contributed by atoms with Crippen molar-refractivity contribution in [2.45, 2.75) is 0 Å². The molecule has 1 heterocycles. The predicted molar refractivity (Wildman–Crippen MR) is 99.2 cm³/mol. The Morgan fingerprint density at radius 3 is 2.23 bits per heavy atom. The lowest BCUT2D eigenvalue weighted by molar-refractivity contribution is 0.396. The highest BCUT2D eigenvalue weighted by Gasteiger charge is 2.21. The molecular formula is C19H13F3N2OS. The first kappa shape index (κ1) is 17.9. The first-order valence-electron chi connectivity index (χ1n) is 7.55. The first-order chi connectivity index (χ1) is 12.3. The number of halogens is 3. The third-order valence-corrected chi connectivity index (χ3v) is 4.22. The van der Waals surface area contributed by atoms with E-state index in [9.17, 15) is 13.2 Å². The number of phenols is 1. The van der Waals surface area contributed by atoms with E-state index >= 15 is 0 Å². The van der Waals surface area contributed by atoms with Crippen LogP contribution in [0.4, 0.5) is 13.2 Å². The van der Waals surface area contributed by atoms with E-state index in [1.165, 1.54) is 18.2 Å². The molecule has 0 spiro atoms. The van der Waals surface area contributed by atoms with Crippen molar-refractivity contribution in [2.75, 3.05) is 7.05 Å². The zero-order valence-electron chi connectivity index (χ0n) is 13.6. The minimum Gasteiger partial charge on any atom is -0.503 e. The summed E-state index contributed by atoms with van der Waals surface area (Å²) in [6, 6.07) is 7.94. The Morgan fingerprint density at radius 2 is 1.62 bits per heavy atom. The van der Waals surface area contributed by atoms with Crippen LogP contribution < -0.4 is 0 Å². The Balaban J connectivity index is 1.89. The van der Waals surface area contributed by atoms with Gasteiger partial charge in [0.15, 0.2) is 17.4 Å². The van der Waals surface area contributed by atoms with Gasteiger partial charge in [-0.2, -0.15) is 0 Å². The van der Waals surface area contributed by atoms with E-state index < -0.39 is 17.4 Å². The summed E-state index contributed by atoms with van der Waals surface area (Å²) in [5.41, 5.74) is 1.34. The van der Waals surface area contributed by atoms with Crippen molar-refractivity contribution in [3.05, 3.63) is 76.7 Å². The Bertz CT molecular complexity index is 942. The van der Waals surface area contributed by atoms with Crippen molar-refractivity contribution >= 4 is 35.2 Å². The smallest absolute Gasteiger partial charge is 0.187 e. The van der Waals surface area contributed by atoms with Crippen LogP contribution in [0.5, 0.6) is 5.75 Å². The number of nitrogens with zero attached hydrogens (tertiary/aromatic N) is 2. The molecule has 0 radical (unpaired) electrons. The molecule has 2 aromatic carbocycles. The maximum Gasteiger partial charge on any atom is 0.187 e. The maximum absolute atomic E-state index is 13.5. The molecule has 2 aromatic rings. The second-order valence-corrected chi connectivity index (χ2v) is 5.97. The van der Waals surface area contributed by atoms with Crippen LogP contribution in [-0.4, -0.2) is 27.9 Å². The monoisotopic (exact) mass is 374 g/mol. The van der Waals surface area contributed by atoms with Crippen molar-refractivity contribution < 1.29 is 18.3 Å². The summed E-state index contributed by atoms with van der Waals surface area (Å²) >= 11 is 5.30. The van der Waals surface area contributed by atoms with E-state index in [2.05, 4.69) is 4.99 Å². The first-order valence-corrected chi connectivity index (χ1v) is 7.96. The minimum absolute atomic E-state index is 0.191. The minimum atomic E-state index is -1.06. The number of aromatic hydroxyl groups is 1. The highest BCUT2D eigenvalue weighted by molar-refractivity contribution is 7.80. The number of rotatable bonds is 3. The topological polar surface area (TPSA) is 35.8 Å². The van der Waals surface area contributed by atoms with Crippen LogP contribution in [0.3, 0.4) is 0 Å². The highest BCUT2D eigenvalue weighted by atomic mass is 32.1. The third kappa shape index (κ3) is 3.67. The molecule has 0 atom stereocenters. The fraction of sp³-hybridized carbons (Fsp3) is 0.0526. The summed E-state index contributed by atoms with van der Waals surface area (Å²) < 4.78 is 39.9. The summed E-state index contributed by atoms with van der Waals surface area (Å²) in [6.45, 7) is 0. The van der Waals surface area contributed by atoms with Crippen LogP contribution in [0, 0.1) is 17.5 Å². The molecule has 1 aliphatic rings. The molecule has 7 heteroatoms. The number of aliphatic imine (C=N–C) groups is 1. The second-order valence-electron chi connectivity index (χ2n) is 5.58. The van der Waals surface area contributed by atoms with Crippen molar-refractivity contribution in [3.63, 3.8) is 0 Å². The average molecular weight is 374 g/mol. The summed E-state index contributed by atoms with van der Waals surface area (Å²) in [5.74, 6) is -2.93. The number of phenolic OH excluding ortho intramolecular Hbond substituents is 1. The van der Waals surface area contributed by atoms with Crippen molar-refractivity contribution in [3.8, 4) is 5.75 Å². The van der Waals surface area contributed by atoms with Gasteiger partial charge in [0.1, 0.15) is 22.3 Å². The Hall–Kier alpha value is -2.93. The molecular weight excluding hydrogens is 361 g/mol. The van der Waals surface area contributed by atoms with Crippen LogP contribution in [0.1, 0.15) is 11.1 Å². The lowest BCUT2D eigenvalue weighted by atomic mass is 10.1. The Labute approximate surface area is 153 Å². The predicted octanol–water partition coefficient (Wildman–Crippen LogP) is 4.54. The van der Waals surface area contributed by atoms with Crippen LogP contribution in [-0.2, 0) is 0 Å². The molecule has 0 aromatic heterocycles. The molecule has 0 aliphatic carbocycles. The van der Waals surface area contributed by atoms with E-state index in [0.29, 0.717) is 16.5 Å². The highest BCUT2D eigenvalue weighted by Crippen LogP contribution is 2.25. The summed E-state index contributed by atoms with van der Waals surface area (Å²) in [5, 5.41) is 9.16. The zero-order chi connectivity index (χ0) is 18.8. The van der Waals surface area contributed by atoms with Crippen LogP contribution in [0.25, 0.3) is 12.2 Å². The largest absolute Gasteiger partial charge is 0.503 e. The average Bonchev–Trinajstić information content (AvgIpc) is 2.87. The van der Waals surface area contributed by atoms with E-state index in [1.807, 2.05) is 0 Å². The molecule has 132 valence electrons. The van der Waals surface area contributed by atoms with E-state index in [1.54, 1.807) is 36.2 Å². The quantitative estimate of drug-likeness (QED) is 0.633. The van der Waals surface area contributed by atoms with E-state index in [0.717, 1.165) is 17.7 Å². The SMILES string of the molecule is CN1C(=S)/C(=C/c2cc(F)c(O)c(F)c2)N=C1/C=C/c1ccc(F)cc1. The standard InChI is InChI=1S/C19H13F3N2OS/c1-24-17(7-4-11-2-5-13(20)6-3-11)23-16(19(24)26)10-12-8-14(21)18(25)15(22)9-12/h2-10,25H,1H3/b7-4+,16-10-. The molecule has 0 saturated heterocycles. The molecule has 1 N–H and O–H groups in total. The van der Waals surface area contributed by atoms with E-state index in [4.69, 9.17) is 17.3 Å². The molecule has 0 fully saturated rings. The molecule has 3 nitrogen and oxygen atoms in total. The molecule has 26 heavy (non-hydrogen) atoms. The van der Waals surface area contributed by atoms with Crippen molar-refractivity contribution in [1.29, 1.82) is 0 Å². The number of thiocarbonyl (C=S) groups is 1. The van der Waals surface area contributed by atoms with Gasteiger partial charge in [-0.05, 0) is 47.5 Å². The van der Waals surface area contributed by atoms with Gasteiger partial charge < -0.3 is 10.0 Å². The van der Waals surface area contributed by atoms with Crippen LogP contribution in [0.2, 0.25) is 0 Å². The number of hydrogen-bond acceptors (Lipinski definition) is 3. The van der Waals surface area contributed by atoms with Gasteiger partial charge in [0, 0.05) is 7.05 Å². The van der Waals surface area contributed by atoms with Gasteiger partial charge in [0.25, 0.3) is 0 Å². The molecule has 1 aliphatic heterocycles. The van der Waals surface area contributed by atoms with Gasteiger partial charge in [0.05, 0.1) is 0 Å². The van der Waals surface area contributed by atoms with Gasteiger partial charge in [-0.1, -0.05) is 30.4 Å². The zero-order valence-corrected chi connectivity index (χ0v) is 14.4. The number of likely N-dealkylation sites (N-methyl/N-ethyl adjacent to an activating group) is 1.